The van der Waals surface area contributed by atoms with Crippen molar-refractivity contribution in [2.24, 2.45) is 0 Å². The SMILES string of the molecule is Cc1ccccc1N(c1cc(-c2ccccc2)c(-c2ccccc2)cc1C)c1ccc(-c2ccc(-n3c4ccccc4c4ccccc43)cc2)c2oc3ccccc3c12. The lowest BCUT2D eigenvalue weighted by Crippen LogP contribution is -2.13. The van der Waals surface area contributed by atoms with Crippen molar-refractivity contribution in [3.8, 4) is 39.1 Å². The number of nitrogens with zero attached hydrogens (tertiary/aromatic N) is 2. The second-order valence-electron chi connectivity index (χ2n) is 15.4. The van der Waals surface area contributed by atoms with Gasteiger partial charge in [0.25, 0.3) is 0 Å². The average Bonchev–Trinajstić information content (AvgIpc) is 3.85. The molecule has 3 nitrogen and oxygen atoms in total. The quantitative estimate of drug-likeness (QED) is 0.161. The minimum absolute atomic E-state index is 0.865. The van der Waals surface area contributed by atoms with Crippen molar-refractivity contribution in [1.29, 1.82) is 0 Å². The lowest BCUT2D eigenvalue weighted by molar-refractivity contribution is 0.670. The highest BCUT2D eigenvalue weighted by atomic mass is 16.3. The lowest BCUT2D eigenvalue weighted by Gasteiger charge is -2.30. The van der Waals surface area contributed by atoms with Gasteiger partial charge in [0.2, 0.25) is 0 Å². The van der Waals surface area contributed by atoms with Crippen LogP contribution in [0.1, 0.15) is 11.1 Å². The Bertz CT molecular complexity index is 3280. The molecule has 0 amide bonds. The maximum atomic E-state index is 6.92. The average molecular weight is 757 g/mol. The van der Waals surface area contributed by atoms with E-state index in [0.717, 1.165) is 55.8 Å². The molecule has 2 heterocycles. The second-order valence-corrected chi connectivity index (χ2v) is 15.4. The molecule has 2 aromatic heterocycles. The number of hydrogen-bond acceptors (Lipinski definition) is 2. The monoisotopic (exact) mass is 756 g/mol. The van der Waals surface area contributed by atoms with E-state index in [-0.39, 0.29) is 0 Å². The fourth-order valence-corrected chi connectivity index (χ4v) is 9.07. The lowest BCUT2D eigenvalue weighted by atomic mass is 9.91. The third-order valence-electron chi connectivity index (χ3n) is 11.9. The van der Waals surface area contributed by atoms with Crippen LogP contribution in [-0.2, 0) is 0 Å². The summed E-state index contributed by atoms with van der Waals surface area (Å²) in [6.45, 7) is 4.44. The van der Waals surface area contributed by atoms with Gasteiger partial charge in [0.1, 0.15) is 11.2 Å². The second kappa shape index (κ2) is 14.1. The van der Waals surface area contributed by atoms with Crippen molar-refractivity contribution in [3.63, 3.8) is 0 Å². The minimum Gasteiger partial charge on any atom is -0.455 e. The van der Waals surface area contributed by atoms with Crippen molar-refractivity contribution in [3.05, 3.63) is 217 Å². The topological polar surface area (TPSA) is 21.3 Å². The van der Waals surface area contributed by atoms with Crippen LogP contribution in [0.2, 0.25) is 0 Å². The van der Waals surface area contributed by atoms with E-state index in [1.54, 1.807) is 0 Å². The molecule has 0 spiro atoms. The Kier molecular flexibility index (Phi) is 8.27. The third-order valence-corrected chi connectivity index (χ3v) is 11.9. The van der Waals surface area contributed by atoms with Gasteiger partial charge in [-0.1, -0.05) is 146 Å². The summed E-state index contributed by atoms with van der Waals surface area (Å²) in [5, 5.41) is 4.68. The number of fused-ring (bicyclic) bond motifs is 6. The Morgan fingerprint density at radius 2 is 0.932 bits per heavy atom. The number of hydrogen-bond donors (Lipinski definition) is 0. The minimum atomic E-state index is 0.865. The van der Waals surface area contributed by atoms with E-state index in [2.05, 4.69) is 230 Å². The van der Waals surface area contributed by atoms with E-state index in [4.69, 9.17) is 4.42 Å². The summed E-state index contributed by atoms with van der Waals surface area (Å²) in [5.41, 5.74) is 17.8. The van der Waals surface area contributed by atoms with Gasteiger partial charge >= 0.3 is 0 Å². The van der Waals surface area contributed by atoms with E-state index >= 15 is 0 Å². The Labute approximate surface area is 343 Å². The van der Waals surface area contributed by atoms with Gasteiger partial charge in [-0.3, -0.25) is 0 Å². The first-order valence-electron chi connectivity index (χ1n) is 20.3. The summed E-state index contributed by atoms with van der Waals surface area (Å²) in [6.07, 6.45) is 0. The van der Waals surface area contributed by atoms with E-state index in [1.165, 1.54) is 55.2 Å². The predicted molar refractivity (Wildman–Crippen MR) is 249 cm³/mol. The molecule has 11 aromatic rings. The molecule has 280 valence electrons. The molecule has 0 unspecified atom stereocenters. The fraction of sp³-hybridized carbons (Fsp3) is 0.0357. The van der Waals surface area contributed by atoms with E-state index < -0.39 is 0 Å². The molecule has 11 rings (SSSR count). The van der Waals surface area contributed by atoms with Gasteiger partial charge in [0.15, 0.2) is 0 Å². The molecule has 0 fully saturated rings. The van der Waals surface area contributed by atoms with Crippen molar-refractivity contribution >= 4 is 60.8 Å². The number of aromatic nitrogens is 1. The standard InChI is InChI=1S/C56H40N2O/c1-37-17-9-13-25-49(37)58(53-36-48(40-20-7-4-8-21-40)47(35-38(53)2)39-18-5-3-6-19-39)52-34-33-43(56-55(52)46-24-12-16-28-54(46)59-56)41-29-31-42(32-30-41)57-50-26-14-10-22-44(50)45-23-11-15-27-51(45)57/h3-36H,1-2H3. The Morgan fingerprint density at radius 3 is 1.59 bits per heavy atom. The molecule has 3 heteroatoms. The van der Waals surface area contributed by atoms with Crippen LogP contribution in [0, 0.1) is 13.8 Å². The Hall–Kier alpha value is -7.62. The zero-order chi connectivity index (χ0) is 39.5. The van der Waals surface area contributed by atoms with Gasteiger partial charge in [-0.15, -0.1) is 0 Å². The summed E-state index contributed by atoms with van der Waals surface area (Å²) < 4.78 is 9.28. The highest BCUT2D eigenvalue weighted by Crippen LogP contribution is 2.49. The van der Waals surface area contributed by atoms with E-state index in [0.29, 0.717) is 0 Å². The maximum absolute atomic E-state index is 6.92. The van der Waals surface area contributed by atoms with Crippen molar-refractivity contribution in [2.75, 3.05) is 4.90 Å². The molecule has 59 heavy (non-hydrogen) atoms. The van der Waals surface area contributed by atoms with Crippen LogP contribution >= 0.6 is 0 Å². The van der Waals surface area contributed by atoms with Gasteiger partial charge < -0.3 is 13.9 Å². The van der Waals surface area contributed by atoms with Crippen molar-refractivity contribution in [1.82, 2.24) is 4.57 Å². The third kappa shape index (κ3) is 5.74. The number of benzene rings is 9. The predicted octanol–water partition coefficient (Wildman–Crippen LogP) is 15.8. The van der Waals surface area contributed by atoms with Gasteiger partial charge in [-0.05, 0) is 113 Å². The zero-order valence-electron chi connectivity index (χ0n) is 32.9. The highest BCUT2D eigenvalue weighted by Gasteiger charge is 2.25. The smallest absolute Gasteiger partial charge is 0.145 e. The molecule has 0 radical (unpaired) electrons. The van der Waals surface area contributed by atoms with Gasteiger partial charge in [0, 0.05) is 38.8 Å². The van der Waals surface area contributed by atoms with Crippen molar-refractivity contribution in [2.45, 2.75) is 13.8 Å². The van der Waals surface area contributed by atoms with Crippen LogP contribution in [0.25, 0.3) is 82.8 Å². The number of rotatable bonds is 7. The normalized spacial score (nSPS) is 11.6. The van der Waals surface area contributed by atoms with E-state index in [9.17, 15) is 0 Å². The van der Waals surface area contributed by atoms with Gasteiger partial charge in [0.05, 0.1) is 22.1 Å². The number of para-hydroxylation sites is 4. The van der Waals surface area contributed by atoms with Crippen LogP contribution in [0.3, 0.4) is 0 Å². The number of anilines is 3. The largest absolute Gasteiger partial charge is 0.455 e. The summed E-state index contributed by atoms with van der Waals surface area (Å²) in [7, 11) is 0. The van der Waals surface area contributed by atoms with Crippen LogP contribution in [-0.4, -0.2) is 4.57 Å². The Balaban J connectivity index is 1.13. The molecular weight excluding hydrogens is 717 g/mol. The van der Waals surface area contributed by atoms with Gasteiger partial charge in [-0.2, -0.15) is 0 Å². The summed E-state index contributed by atoms with van der Waals surface area (Å²) in [6, 6.07) is 74.1. The fourth-order valence-electron chi connectivity index (χ4n) is 9.07. The van der Waals surface area contributed by atoms with Crippen LogP contribution in [0.15, 0.2) is 211 Å². The number of furan rings is 1. The number of aryl methyl sites for hydroxylation is 2. The van der Waals surface area contributed by atoms with Crippen LogP contribution in [0.4, 0.5) is 17.1 Å². The molecule has 0 saturated carbocycles. The summed E-state index contributed by atoms with van der Waals surface area (Å²) >= 11 is 0. The molecule has 0 atom stereocenters. The van der Waals surface area contributed by atoms with E-state index in [1.807, 2.05) is 0 Å². The summed E-state index contributed by atoms with van der Waals surface area (Å²) in [4.78, 5) is 2.45. The van der Waals surface area contributed by atoms with Crippen molar-refractivity contribution < 1.29 is 4.42 Å². The first kappa shape index (κ1) is 34.6. The maximum Gasteiger partial charge on any atom is 0.145 e. The molecule has 0 saturated heterocycles. The first-order chi connectivity index (χ1) is 29.1. The molecule has 0 aliphatic rings. The summed E-state index contributed by atoms with van der Waals surface area (Å²) in [5.74, 6) is 0. The molecule has 0 aliphatic heterocycles. The molecule has 0 bridgehead atoms. The molecule has 0 aliphatic carbocycles. The molecule has 0 N–H and O–H groups in total. The van der Waals surface area contributed by atoms with Crippen LogP contribution < -0.4 is 4.90 Å². The van der Waals surface area contributed by atoms with Crippen LogP contribution in [0.5, 0.6) is 0 Å². The highest BCUT2D eigenvalue weighted by molar-refractivity contribution is 6.17. The Morgan fingerprint density at radius 1 is 0.390 bits per heavy atom. The molecule has 9 aromatic carbocycles. The molecular formula is C56H40N2O. The first-order valence-corrected chi connectivity index (χ1v) is 20.3. The zero-order valence-corrected chi connectivity index (χ0v) is 32.9. The van der Waals surface area contributed by atoms with Gasteiger partial charge in [-0.25, -0.2) is 0 Å².